The lowest BCUT2D eigenvalue weighted by Gasteiger charge is -2.36. The Morgan fingerprint density at radius 3 is 2.47 bits per heavy atom. The summed E-state index contributed by atoms with van der Waals surface area (Å²) in [6.45, 7) is 1.16. The van der Waals surface area contributed by atoms with E-state index in [1.165, 1.54) is 13.4 Å². The summed E-state index contributed by atoms with van der Waals surface area (Å²) in [5.41, 5.74) is 0.963. The highest BCUT2D eigenvalue weighted by molar-refractivity contribution is 6.30. The first-order chi connectivity index (χ1) is 17.4. The molecule has 188 valence electrons. The van der Waals surface area contributed by atoms with E-state index in [0.29, 0.717) is 53.6 Å². The Balaban J connectivity index is 1.44. The summed E-state index contributed by atoms with van der Waals surface area (Å²) in [5.74, 6) is 0.270. The molecule has 8 nitrogen and oxygen atoms in total. The number of amides is 3. The fourth-order valence-corrected chi connectivity index (χ4v) is 4.42. The van der Waals surface area contributed by atoms with Crippen molar-refractivity contribution in [2.24, 2.45) is 5.92 Å². The van der Waals surface area contributed by atoms with E-state index in [1.807, 2.05) is 0 Å². The van der Waals surface area contributed by atoms with Crippen LogP contribution in [-0.2, 0) is 11.3 Å². The summed E-state index contributed by atoms with van der Waals surface area (Å²) in [4.78, 5) is 40.9. The molecule has 1 saturated heterocycles. The highest BCUT2D eigenvalue weighted by atomic mass is 35.5. The summed E-state index contributed by atoms with van der Waals surface area (Å²) in [5, 5.41) is 6.34. The van der Waals surface area contributed by atoms with Gasteiger partial charge < -0.3 is 24.7 Å². The molecule has 1 aromatic heterocycles. The van der Waals surface area contributed by atoms with E-state index < -0.39 is 6.04 Å². The van der Waals surface area contributed by atoms with E-state index in [1.54, 1.807) is 65.6 Å². The number of piperidine rings is 1. The molecule has 3 amide bonds. The molecule has 0 aliphatic carbocycles. The number of carbonyl (C=O) groups is 3. The number of benzene rings is 2. The van der Waals surface area contributed by atoms with Gasteiger partial charge in [-0.1, -0.05) is 17.7 Å². The number of nitrogens with zero attached hydrogens (tertiary/aromatic N) is 1. The van der Waals surface area contributed by atoms with Crippen LogP contribution in [0.5, 0.6) is 5.75 Å². The Bertz CT molecular complexity index is 1190. The van der Waals surface area contributed by atoms with Crippen LogP contribution in [0.15, 0.2) is 71.3 Å². The van der Waals surface area contributed by atoms with Crippen LogP contribution in [0.1, 0.15) is 39.3 Å². The molecule has 1 atom stereocenters. The lowest BCUT2D eigenvalue weighted by atomic mass is 9.88. The van der Waals surface area contributed by atoms with Crippen molar-refractivity contribution in [2.45, 2.75) is 25.4 Å². The van der Waals surface area contributed by atoms with Gasteiger partial charge in [-0.2, -0.15) is 0 Å². The van der Waals surface area contributed by atoms with E-state index in [2.05, 4.69) is 10.6 Å². The summed E-state index contributed by atoms with van der Waals surface area (Å²) in [6.07, 6.45) is 2.67. The third kappa shape index (κ3) is 6.26. The smallest absolute Gasteiger partial charge is 0.253 e. The van der Waals surface area contributed by atoms with Crippen LogP contribution in [0, 0.1) is 5.92 Å². The second-order valence-electron chi connectivity index (χ2n) is 8.62. The summed E-state index contributed by atoms with van der Waals surface area (Å²) in [6, 6.07) is 16.3. The van der Waals surface area contributed by atoms with Gasteiger partial charge in [-0.3, -0.25) is 14.4 Å². The first kappa shape index (κ1) is 25.3. The van der Waals surface area contributed by atoms with Crippen LogP contribution in [0.2, 0.25) is 5.02 Å². The Morgan fingerprint density at radius 1 is 1.06 bits per heavy atom. The van der Waals surface area contributed by atoms with Gasteiger partial charge in [0.15, 0.2) is 0 Å². The Kier molecular flexibility index (Phi) is 8.28. The topological polar surface area (TPSA) is 101 Å². The second kappa shape index (κ2) is 11.8. The summed E-state index contributed by atoms with van der Waals surface area (Å²) in [7, 11) is 1.53. The van der Waals surface area contributed by atoms with E-state index in [0.717, 1.165) is 0 Å². The normalized spacial score (nSPS) is 14.7. The van der Waals surface area contributed by atoms with Gasteiger partial charge in [0, 0.05) is 29.2 Å². The zero-order valence-electron chi connectivity index (χ0n) is 19.9. The van der Waals surface area contributed by atoms with Crippen molar-refractivity contribution in [3.05, 3.63) is 88.8 Å². The summed E-state index contributed by atoms with van der Waals surface area (Å²) >= 11 is 5.94. The molecule has 4 rings (SSSR count). The highest BCUT2D eigenvalue weighted by Gasteiger charge is 2.34. The molecule has 2 N–H and O–H groups in total. The van der Waals surface area contributed by atoms with Crippen molar-refractivity contribution in [3.8, 4) is 5.75 Å². The fourth-order valence-electron chi connectivity index (χ4n) is 4.29. The Hall–Kier alpha value is -3.78. The largest absolute Gasteiger partial charge is 0.497 e. The Labute approximate surface area is 214 Å². The van der Waals surface area contributed by atoms with Gasteiger partial charge in [-0.25, -0.2) is 0 Å². The zero-order valence-corrected chi connectivity index (χ0v) is 20.7. The molecule has 36 heavy (non-hydrogen) atoms. The molecule has 0 saturated carbocycles. The maximum atomic E-state index is 13.2. The van der Waals surface area contributed by atoms with Crippen molar-refractivity contribution in [1.29, 1.82) is 0 Å². The third-order valence-corrected chi connectivity index (χ3v) is 6.56. The maximum Gasteiger partial charge on any atom is 0.253 e. The number of hydrogen-bond donors (Lipinski definition) is 2. The van der Waals surface area contributed by atoms with Crippen LogP contribution in [0.3, 0.4) is 0 Å². The zero-order chi connectivity index (χ0) is 25.5. The van der Waals surface area contributed by atoms with Crippen molar-refractivity contribution < 1.29 is 23.5 Å². The van der Waals surface area contributed by atoms with Crippen LogP contribution >= 0.6 is 11.6 Å². The molecule has 0 spiro atoms. The highest BCUT2D eigenvalue weighted by Crippen LogP contribution is 2.24. The molecule has 3 aromatic rings. The molecule has 2 heterocycles. The van der Waals surface area contributed by atoms with Crippen molar-refractivity contribution in [1.82, 2.24) is 15.5 Å². The SMILES string of the molecule is COc1cccc(C(=O)NC(C(=O)NCc2ccco2)C2CCN(C(=O)c3ccc(Cl)cc3)CC2)c1. The van der Waals surface area contributed by atoms with Crippen LogP contribution in [0.4, 0.5) is 0 Å². The number of furan rings is 1. The Morgan fingerprint density at radius 2 is 1.81 bits per heavy atom. The number of nitrogens with one attached hydrogen (secondary N) is 2. The van der Waals surface area contributed by atoms with Gasteiger partial charge in [0.25, 0.3) is 11.8 Å². The maximum absolute atomic E-state index is 13.2. The average Bonchev–Trinajstić information content (AvgIpc) is 3.44. The van der Waals surface area contributed by atoms with Gasteiger partial charge in [0.2, 0.25) is 5.91 Å². The van der Waals surface area contributed by atoms with E-state index in [4.69, 9.17) is 20.8 Å². The first-order valence-corrected chi connectivity index (χ1v) is 12.1. The number of likely N-dealkylation sites (tertiary alicyclic amines) is 1. The minimum atomic E-state index is -0.772. The monoisotopic (exact) mass is 509 g/mol. The van der Waals surface area contributed by atoms with E-state index in [-0.39, 0.29) is 30.2 Å². The second-order valence-corrected chi connectivity index (χ2v) is 9.05. The van der Waals surface area contributed by atoms with Gasteiger partial charge in [0.1, 0.15) is 17.6 Å². The van der Waals surface area contributed by atoms with Crippen LogP contribution in [-0.4, -0.2) is 48.9 Å². The number of methoxy groups -OCH3 is 1. The standard InChI is InChI=1S/C27H28ClN3O5/c1-35-22-5-2-4-20(16-22)25(32)30-24(26(33)29-17-23-6-3-15-36-23)18-11-13-31(14-12-18)27(34)19-7-9-21(28)10-8-19/h2-10,15-16,18,24H,11-14,17H2,1H3,(H,29,33)(H,30,32). The molecule has 2 aromatic carbocycles. The molecule has 1 aliphatic rings. The predicted octanol–water partition coefficient (Wildman–Crippen LogP) is 3.91. The molecular weight excluding hydrogens is 482 g/mol. The van der Waals surface area contributed by atoms with Crippen molar-refractivity contribution >= 4 is 29.3 Å². The van der Waals surface area contributed by atoms with Gasteiger partial charge in [-0.05, 0) is 73.4 Å². The molecule has 1 fully saturated rings. The quantitative estimate of drug-likeness (QED) is 0.479. The van der Waals surface area contributed by atoms with Crippen LogP contribution in [0.25, 0.3) is 0 Å². The summed E-state index contributed by atoms with van der Waals surface area (Å²) < 4.78 is 10.5. The molecule has 1 aliphatic heterocycles. The minimum absolute atomic E-state index is 0.0793. The number of ether oxygens (including phenoxy) is 1. The minimum Gasteiger partial charge on any atom is -0.497 e. The average molecular weight is 510 g/mol. The van der Waals surface area contributed by atoms with Crippen molar-refractivity contribution in [2.75, 3.05) is 20.2 Å². The predicted molar refractivity (Wildman–Crippen MR) is 135 cm³/mol. The van der Waals surface area contributed by atoms with Gasteiger partial charge in [-0.15, -0.1) is 0 Å². The van der Waals surface area contributed by atoms with Crippen LogP contribution < -0.4 is 15.4 Å². The van der Waals surface area contributed by atoms with Gasteiger partial charge >= 0.3 is 0 Å². The molecule has 1 unspecified atom stereocenters. The first-order valence-electron chi connectivity index (χ1n) is 11.7. The fraction of sp³-hybridized carbons (Fsp3) is 0.296. The third-order valence-electron chi connectivity index (χ3n) is 6.31. The molecular formula is C27H28ClN3O5. The van der Waals surface area contributed by atoms with E-state index >= 15 is 0 Å². The number of halogens is 1. The lowest BCUT2D eigenvalue weighted by molar-refractivity contribution is -0.124. The molecule has 0 radical (unpaired) electrons. The van der Waals surface area contributed by atoms with Crippen molar-refractivity contribution in [3.63, 3.8) is 0 Å². The molecule has 0 bridgehead atoms. The number of rotatable bonds is 8. The number of carbonyl (C=O) groups excluding carboxylic acids is 3. The number of hydrogen-bond acceptors (Lipinski definition) is 5. The van der Waals surface area contributed by atoms with Gasteiger partial charge in [0.05, 0.1) is 19.9 Å². The van der Waals surface area contributed by atoms with E-state index in [9.17, 15) is 14.4 Å². The lowest BCUT2D eigenvalue weighted by Crippen LogP contribution is -2.53. The molecule has 9 heteroatoms.